The summed E-state index contributed by atoms with van der Waals surface area (Å²) in [5.74, 6) is 0.331. The van der Waals surface area contributed by atoms with E-state index in [1.807, 2.05) is 62.1 Å². The Morgan fingerprint density at radius 1 is 0.966 bits per heavy atom. The Morgan fingerprint density at radius 3 is 2.34 bits per heavy atom. The second kappa shape index (κ2) is 8.86. The van der Waals surface area contributed by atoms with Gasteiger partial charge in [-0.25, -0.2) is 9.97 Å². The van der Waals surface area contributed by atoms with Gasteiger partial charge in [0, 0.05) is 24.0 Å². The maximum absolute atomic E-state index is 13.3. The van der Waals surface area contributed by atoms with E-state index in [9.17, 15) is 4.79 Å². The van der Waals surface area contributed by atoms with E-state index < -0.39 is 0 Å². The van der Waals surface area contributed by atoms with Gasteiger partial charge in [0.1, 0.15) is 5.69 Å². The Labute approximate surface area is 172 Å². The molecule has 0 saturated heterocycles. The molecule has 0 fully saturated rings. The van der Waals surface area contributed by atoms with Crippen LogP contribution in [0.2, 0.25) is 0 Å². The van der Waals surface area contributed by atoms with Crippen LogP contribution < -0.4 is 5.32 Å². The number of hydrogen-bond acceptors (Lipinski definition) is 4. The summed E-state index contributed by atoms with van der Waals surface area (Å²) >= 11 is 0. The summed E-state index contributed by atoms with van der Waals surface area (Å²) in [6, 6.07) is 17.9. The summed E-state index contributed by atoms with van der Waals surface area (Å²) in [7, 11) is 0. The van der Waals surface area contributed by atoms with Crippen molar-refractivity contribution in [2.24, 2.45) is 0 Å². The molecule has 0 aliphatic rings. The number of hydrogen-bond donors (Lipinski definition) is 1. The smallest absolute Gasteiger partial charge is 0.273 e. The van der Waals surface area contributed by atoms with E-state index in [-0.39, 0.29) is 11.9 Å². The standard InChI is InChI=1S/C24H28N4O/c1-16(2)28(15-20-9-7-6-8-10-20)23(29)22-14-19(5)25-24(27-22)26-21-12-11-17(3)18(4)13-21/h6-14,16H,15H2,1-5H3,(H,25,26,27). The van der Waals surface area contributed by atoms with Crippen LogP contribution in [-0.4, -0.2) is 26.8 Å². The van der Waals surface area contributed by atoms with Crippen LogP contribution in [0.3, 0.4) is 0 Å². The van der Waals surface area contributed by atoms with Gasteiger partial charge >= 0.3 is 0 Å². The normalized spacial score (nSPS) is 10.8. The van der Waals surface area contributed by atoms with Crippen LogP contribution in [0.15, 0.2) is 54.6 Å². The van der Waals surface area contributed by atoms with Gasteiger partial charge in [0.25, 0.3) is 5.91 Å². The highest BCUT2D eigenvalue weighted by atomic mass is 16.2. The first kappa shape index (κ1) is 20.5. The van der Waals surface area contributed by atoms with Crippen molar-refractivity contribution in [3.05, 3.63) is 82.7 Å². The fourth-order valence-electron chi connectivity index (χ4n) is 3.10. The summed E-state index contributed by atoms with van der Waals surface area (Å²) < 4.78 is 0. The van der Waals surface area contributed by atoms with Crippen molar-refractivity contribution >= 4 is 17.5 Å². The molecule has 29 heavy (non-hydrogen) atoms. The fraction of sp³-hybridized carbons (Fsp3) is 0.292. The fourth-order valence-corrected chi connectivity index (χ4v) is 3.10. The highest BCUT2D eigenvalue weighted by molar-refractivity contribution is 5.93. The Morgan fingerprint density at radius 2 is 1.69 bits per heavy atom. The van der Waals surface area contributed by atoms with E-state index in [0.717, 1.165) is 16.9 Å². The largest absolute Gasteiger partial charge is 0.331 e. The van der Waals surface area contributed by atoms with Crippen LogP contribution >= 0.6 is 0 Å². The molecule has 2 aromatic carbocycles. The molecule has 0 radical (unpaired) electrons. The lowest BCUT2D eigenvalue weighted by Gasteiger charge is -2.26. The van der Waals surface area contributed by atoms with Gasteiger partial charge in [0.15, 0.2) is 0 Å². The monoisotopic (exact) mass is 388 g/mol. The van der Waals surface area contributed by atoms with Gasteiger partial charge in [-0.15, -0.1) is 0 Å². The molecule has 1 heterocycles. The van der Waals surface area contributed by atoms with Crippen molar-refractivity contribution in [1.29, 1.82) is 0 Å². The Balaban J connectivity index is 1.86. The first-order chi connectivity index (χ1) is 13.8. The predicted octanol–water partition coefficient (Wildman–Crippen LogP) is 5.20. The highest BCUT2D eigenvalue weighted by Gasteiger charge is 2.21. The molecular formula is C24H28N4O. The zero-order valence-corrected chi connectivity index (χ0v) is 17.7. The molecule has 1 aromatic heterocycles. The lowest BCUT2D eigenvalue weighted by molar-refractivity contribution is 0.0684. The van der Waals surface area contributed by atoms with Gasteiger partial charge < -0.3 is 10.2 Å². The number of nitrogens with one attached hydrogen (secondary N) is 1. The third kappa shape index (κ3) is 5.19. The third-order valence-electron chi connectivity index (χ3n) is 4.92. The first-order valence-corrected chi connectivity index (χ1v) is 9.88. The molecule has 150 valence electrons. The number of carbonyl (C=O) groups is 1. The number of rotatable bonds is 6. The highest BCUT2D eigenvalue weighted by Crippen LogP contribution is 2.19. The van der Waals surface area contributed by atoms with Crippen LogP contribution in [0, 0.1) is 20.8 Å². The lowest BCUT2D eigenvalue weighted by atomic mass is 10.1. The average Bonchev–Trinajstić information content (AvgIpc) is 2.68. The summed E-state index contributed by atoms with van der Waals surface area (Å²) in [4.78, 5) is 24.1. The van der Waals surface area contributed by atoms with Crippen molar-refractivity contribution < 1.29 is 4.79 Å². The molecule has 0 bridgehead atoms. The van der Waals surface area contributed by atoms with E-state index >= 15 is 0 Å². The Bertz CT molecular complexity index is 999. The Hall–Kier alpha value is -3.21. The van der Waals surface area contributed by atoms with Crippen LogP contribution in [0.4, 0.5) is 11.6 Å². The number of aromatic nitrogens is 2. The zero-order valence-electron chi connectivity index (χ0n) is 17.7. The van der Waals surface area contributed by atoms with Gasteiger partial charge in [0.05, 0.1) is 0 Å². The minimum Gasteiger partial charge on any atom is -0.331 e. The van der Waals surface area contributed by atoms with Gasteiger partial charge in [-0.2, -0.15) is 0 Å². The molecule has 0 atom stereocenters. The van der Waals surface area contributed by atoms with Gasteiger partial charge in [-0.1, -0.05) is 36.4 Å². The van der Waals surface area contributed by atoms with Crippen molar-refractivity contribution in [3.63, 3.8) is 0 Å². The number of carbonyl (C=O) groups excluding carboxylic acids is 1. The molecule has 5 heteroatoms. The van der Waals surface area contributed by atoms with Gasteiger partial charge in [-0.05, 0) is 69.5 Å². The van der Waals surface area contributed by atoms with Crippen LogP contribution in [-0.2, 0) is 6.54 Å². The zero-order chi connectivity index (χ0) is 21.0. The maximum Gasteiger partial charge on any atom is 0.273 e. The van der Waals surface area contributed by atoms with E-state index in [1.165, 1.54) is 11.1 Å². The predicted molar refractivity (Wildman–Crippen MR) is 117 cm³/mol. The molecule has 5 nitrogen and oxygen atoms in total. The molecule has 0 aliphatic carbocycles. The molecular weight excluding hydrogens is 360 g/mol. The van der Waals surface area contributed by atoms with Gasteiger partial charge in [-0.3, -0.25) is 4.79 Å². The second-order valence-corrected chi connectivity index (χ2v) is 7.65. The molecule has 0 saturated carbocycles. The summed E-state index contributed by atoms with van der Waals surface area (Å²) in [6.07, 6.45) is 0. The molecule has 0 aliphatic heterocycles. The molecule has 0 unspecified atom stereocenters. The van der Waals surface area contributed by atoms with Crippen molar-refractivity contribution in [2.75, 3.05) is 5.32 Å². The molecule has 3 rings (SSSR count). The number of benzene rings is 2. The molecule has 1 N–H and O–H groups in total. The molecule has 0 spiro atoms. The van der Waals surface area contributed by atoms with Crippen LogP contribution in [0.25, 0.3) is 0 Å². The number of aryl methyl sites for hydroxylation is 3. The number of nitrogens with zero attached hydrogens (tertiary/aromatic N) is 3. The number of amides is 1. The van der Waals surface area contributed by atoms with E-state index in [1.54, 1.807) is 6.07 Å². The second-order valence-electron chi connectivity index (χ2n) is 7.65. The summed E-state index contributed by atoms with van der Waals surface area (Å²) in [5.41, 5.74) is 5.56. The SMILES string of the molecule is Cc1cc(C(=O)N(Cc2ccccc2)C(C)C)nc(Nc2ccc(C)c(C)c2)n1. The summed E-state index contributed by atoms with van der Waals surface area (Å²) in [6.45, 7) is 10.6. The topological polar surface area (TPSA) is 58.1 Å². The number of anilines is 2. The quantitative estimate of drug-likeness (QED) is 0.631. The van der Waals surface area contributed by atoms with E-state index in [4.69, 9.17) is 0 Å². The van der Waals surface area contributed by atoms with Crippen LogP contribution in [0.5, 0.6) is 0 Å². The van der Waals surface area contributed by atoms with E-state index in [0.29, 0.717) is 18.2 Å². The Kier molecular flexibility index (Phi) is 6.27. The van der Waals surface area contributed by atoms with Crippen molar-refractivity contribution in [3.8, 4) is 0 Å². The van der Waals surface area contributed by atoms with E-state index in [2.05, 4.69) is 41.3 Å². The minimum atomic E-state index is -0.0995. The minimum absolute atomic E-state index is 0.0501. The van der Waals surface area contributed by atoms with Crippen molar-refractivity contribution in [1.82, 2.24) is 14.9 Å². The molecule has 1 amide bonds. The van der Waals surface area contributed by atoms with Crippen molar-refractivity contribution in [2.45, 2.75) is 47.2 Å². The average molecular weight is 389 g/mol. The maximum atomic E-state index is 13.3. The molecule has 3 aromatic rings. The lowest BCUT2D eigenvalue weighted by Crippen LogP contribution is -2.37. The summed E-state index contributed by atoms with van der Waals surface area (Å²) in [5, 5.41) is 3.23. The van der Waals surface area contributed by atoms with Crippen LogP contribution in [0.1, 0.15) is 46.7 Å². The first-order valence-electron chi connectivity index (χ1n) is 9.88. The third-order valence-corrected chi connectivity index (χ3v) is 4.92. The van der Waals surface area contributed by atoms with Gasteiger partial charge in [0.2, 0.25) is 5.95 Å².